The van der Waals surface area contributed by atoms with Gasteiger partial charge in [-0.15, -0.1) is 0 Å². The van der Waals surface area contributed by atoms with E-state index in [9.17, 15) is 9.59 Å². The summed E-state index contributed by atoms with van der Waals surface area (Å²) in [5.74, 6) is 0.512. The van der Waals surface area contributed by atoms with E-state index in [4.69, 9.17) is 16.1 Å². The van der Waals surface area contributed by atoms with E-state index in [-0.39, 0.29) is 23.9 Å². The second-order valence-electron chi connectivity index (χ2n) is 11.3. The van der Waals surface area contributed by atoms with E-state index >= 15 is 0 Å². The van der Waals surface area contributed by atoms with Crippen LogP contribution in [-0.2, 0) is 4.79 Å². The normalized spacial score (nSPS) is 19.8. The monoisotopic (exact) mass is 574 g/mol. The van der Waals surface area contributed by atoms with Crippen molar-refractivity contribution in [3.8, 4) is 17.3 Å². The summed E-state index contributed by atoms with van der Waals surface area (Å²) in [6.07, 6.45) is 15.7. The molecule has 4 aromatic rings. The lowest BCUT2D eigenvalue weighted by Gasteiger charge is -2.30. The van der Waals surface area contributed by atoms with Crippen LogP contribution in [0.4, 0.5) is 11.6 Å². The number of nitrogens with two attached hydrogens (primary N) is 1. The number of nitrogens with zero attached hydrogens (tertiary/aromatic N) is 5. The van der Waals surface area contributed by atoms with Crippen LogP contribution in [0.5, 0.6) is 0 Å². The van der Waals surface area contributed by atoms with E-state index < -0.39 is 0 Å². The van der Waals surface area contributed by atoms with Crippen LogP contribution in [-0.4, -0.2) is 37.6 Å². The summed E-state index contributed by atoms with van der Waals surface area (Å²) in [6, 6.07) is 12.6. The molecule has 2 bridgehead atoms. The first-order chi connectivity index (χ1) is 21.0. The number of fused-ring (bicyclic) bond motifs is 3. The molecule has 4 heterocycles. The van der Waals surface area contributed by atoms with Crippen molar-refractivity contribution in [1.29, 1.82) is 5.26 Å². The summed E-state index contributed by atoms with van der Waals surface area (Å²) in [5.41, 5.74) is 10.8. The molecule has 0 spiro atoms. The predicted octanol–water partition coefficient (Wildman–Crippen LogP) is 5.78. The zero-order valence-electron chi connectivity index (χ0n) is 23.9. The lowest BCUT2D eigenvalue weighted by Crippen LogP contribution is -2.39. The van der Waals surface area contributed by atoms with E-state index in [0.29, 0.717) is 34.9 Å². The standard InChI is InChI=1S/C33H34N8O2/c34-19-21-15-16-36-27(17-21)39-33(43)23-13-11-22(12-14-23)30-29-31-24(20-37-32(29)35)7-4-2-1-3-5-10-28(42)38-25-8-6-9-26(18-25)41(31)40-30/h4,7,11-17,20,25-26H,1-3,5-6,8-10,18H2,(H2,35,37)(H,38,42)(H,36,39,43)/b7-4+/t25-,26-/m1/s1. The highest BCUT2D eigenvalue weighted by atomic mass is 16.2. The van der Waals surface area contributed by atoms with Crippen molar-refractivity contribution >= 4 is 40.4 Å². The number of hydrogen-bond donors (Lipinski definition) is 3. The van der Waals surface area contributed by atoms with Gasteiger partial charge in [-0.3, -0.25) is 14.3 Å². The predicted molar refractivity (Wildman–Crippen MR) is 166 cm³/mol. The first-order valence-electron chi connectivity index (χ1n) is 14.9. The summed E-state index contributed by atoms with van der Waals surface area (Å²) in [6.45, 7) is 0. The number of carbonyl (C=O) groups excluding carboxylic acids is 2. The van der Waals surface area contributed by atoms with Crippen LogP contribution in [0.1, 0.15) is 85.3 Å². The molecule has 1 fully saturated rings. The molecule has 10 heteroatoms. The van der Waals surface area contributed by atoms with Gasteiger partial charge in [0.2, 0.25) is 5.91 Å². The molecule has 43 heavy (non-hydrogen) atoms. The summed E-state index contributed by atoms with van der Waals surface area (Å²) in [4.78, 5) is 34.2. The van der Waals surface area contributed by atoms with Crippen LogP contribution in [0.2, 0.25) is 0 Å². The maximum atomic E-state index is 12.9. The van der Waals surface area contributed by atoms with Gasteiger partial charge in [-0.25, -0.2) is 9.97 Å². The third-order valence-corrected chi connectivity index (χ3v) is 8.26. The lowest BCUT2D eigenvalue weighted by atomic mass is 9.90. The van der Waals surface area contributed by atoms with Crippen molar-refractivity contribution < 1.29 is 9.59 Å². The van der Waals surface area contributed by atoms with Crippen LogP contribution in [0.25, 0.3) is 28.2 Å². The van der Waals surface area contributed by atoms with Gasteiger partial charge in [0.05, 0.1) is 28.6 Å². The number of hydrogen-bond acceptors (Lipinski definition) is 7. The molecule has 6 rings (SSSR count). The quantitative estimate of drug-likeness (QED) is 0.281. The van der Waals surface area contributed by atoms with Crippen molar-refractivity contribution in [2.24, 2.45) is 0 Å². The van der Waals surface area contributed by atoms with Crippen molar-refractivity contribution in [3.05, 3.63) is 71.6 Å². The molecule has 4 N–H and O–H groups in total. The minimum absolute atomic E-state index is 0.0936. The average Bonchev–Trinajstić information content (AvgIpc) is 3.43. The van der Waals surface area contributed by atoms with Gasteiger partial charge in [0.25, 0.3) is 5.91 Å². The van der Waals surface area contributed by atoms with Crippen molar-refractivity contribution in [3.63, 3.8) is 0 Å². The highest BCUT2D eigenvalue weighted by Crippen LogP contribution is 2.39. The Balaban J connectivity index is 1.37. The summed E-state index contributed by atoms with van der Waals surface area (Å²) in [7, 11) is 0. The number of carbonyl (C=O) groups is 2. The fourth-order valence-electron chi connectivity index (χ4n) is 6.10. The average molecular weight is 575 g/mol. The highest BCUT2D eigenvalue weighted by molar-refractivity contribution is 6.06. The number of nitrogen functional groups attached to an aromatic ring is 1. The van der Waals surface area contributed by atoms with Crippen molar-refractivity contribution in [1.82, 2.24) is 25.1 Å². The molecule has 0 unspecified atom stereocenters. The Morgan fingerprint density at radius 2 is 1.95 bits per heavy atom. The maximum Gasteiger partial charge on any atom is 0.256 e. The largest absolute Gasteiger partial charge is 0.383 e. The number of nitrogens with one attached hydrogen (secondary N) is 2. The van der Waals surface area contributed by atoms with Gasteiger partial charge in [-0.2, -0.15) is 10.4 Å². The number of pyridine rings is 2. The van der Waals surface area contributed by atoms with Crippen molar-refractivity contribution in [2.45, 2.75) is 69.9 Å². The second-order valence-corrected chi connectivity index (χ2v) is 11.3. The Bertz CT molecular complexity index is 1730. The molecular formula is C33H34N8O2. The SMILES string of the molecule is N#Cc1ccnc(NC(=O)c2ccc(-c3nn4c5c(cnc(N)c35)/C=C/CCCCCC(=O)N[C@@H]3CCC[C@@H]4C3)cc2)c1. The lowest BCUT2D eigenvalue weighted by molar-refractivity contribution is -0.122. The van der Waals surface area contributed by atoms with Gasteiger partial charge in [0, 0.05) is 41.5 Å². The molecule has 3 aromatic heterocycles. The molecule has 10 nitrogen and oxygen atoms in total. The maximum absolute atomic E-state index is 12.9. The van der Waals surface area contributed by atoms with Crippen LogP contribution < -0.4 is 16.4 Å². The molecule has 1 aliphatic carbocycles. The molecule has 0 saturated heterocycles. The molecule has 2 aliphatic rings. The van der Waals surface area contributed by atoms with Gasteiger partial charge in [0.1, 0.15) is 17.3 Å². The summed E-state index contributed by atoms with van der Waals surface area (Å²) < 4.78 is 2.09. The number of nitriles is 1. The minimum Gasteiger partial charge on any atom is -0.383 e. The third kappa shape index (κ3) is 6.11. The molecule has 2 atom stereocenters. The molecule has 1 aromatic carbocycles. The molecule has 218 valence electrons. The number of anilines is 2. The Hall–Kier alpha value is -5.04. The Morgan fingerprint density at radius 3 is 2.79 bits per heavy atom. The van der Waals surface area contributed by atoms with Crippen LogP contribution in [0.15, 0.2) is 54.9 Å². The number of benzene rings is 1. The fourth-order valence-corrected chi connectivity index (χ4v) is 6.10. The van der Waals surface area contributed by atoms with Gasteiger partial charge in [-0.1, -0.05) is 30.7 Å². The van der Waals surface area contributed by atoms with E-state index in [1.54, 1.807) is 18.2 Å². The molecule has 0 radical (unpaired) electrons. The van der Waals surface area contributed by atoms with Crippen LogP contribution in [0.3, 0.4) is 0 Å². The van der Waals surface area contributed by atoms with Gasteiger partial charge in [0.15, 0.2) is 0 Å². The highest BCUT2D eigenvalue weighted by Gasteiger charge is 2.29. The topological polar surface area (TPSA) is 152 Å². The van der Waals surface area contributed by atoms with Gasteiger partial charge in [-0.05, 0) is 69.2 Å². The van der Waals surface area contributed by atoms with Crippen LogP contribution >= 0.6 is 0 Å². The first kappa shape index (κ1) is 28.1. The Labute approximate surface area is 250 Å². The Morgan fingerprint density at radius 1 is 1.09 bits per heavy atom. The molecular weight excluding hydrogens is 540 g/mol. The van der Waals surface area contributed by atoms with Crippen molar-refractivity contribution in [2.75, 3.05) is 11.1 Å². The molecule has 1 aliphatic heterocycles. The molecule has 1 saturated carbocycles. The number of rotatable bonds is 3. The van der Waals surface area contributed by atoms with Crippen LogP contribution in [0, 0.1) is 11.3 Å². The Kier molecular flexibility index (Phi) is 8.13. The summed E-state index contributed by atoms with van der Waals surface area (Å²) in [5, 5.41) is 21.1. The third-order valence-electron chi connectivity index (χ3n) is 8.26. The zero-order chi connectivity index (χ0) is 29.8. The van der Waals surface area contributed by atoms with E-state index in [1.807, 2.05) is 24.4 Å². The van der Waals surface area contributed by atoms with E-state index in [0.717, 1.165) is 73.4 Å². The van der Waals surface area contributed by atoms with Gasteiger partial charge >= 0.3 is 0 Å². The first-order valence-corrected chi connectivity index (χ1v) is 14.9. The number of amides is 2. The number of aromatic nitrogens is 4. The molecule has 2 amide bonds. The smallest absolute Gasteiger partial charge is 0.256 e. The number of allylic oxidation sites excluding steroid dienone is 1. The van der Waals surface area contributed by atoms with E-state index in [2.05, 4.69) is 37.4 Å². The fraction of sp³-hybridized carbons (Fsp3) is 0.333. The second kappa shape index (κ2) is 12.4. The van der Waals surface area contributed by atoms with Gasteiger partial charge < -0.3 is 16.4 Å². The summed E-state index contributed by atoms with van der Waals surface area (Å²) >= 11 is 0. The zero-order valence-corrected chi connectivity index (χ0v) is 23.9. The van der Waals surface area contributed by atoms with E-state index in [1.165, 1.54) is 12.3 Å². The minimum atomic E-state index is -0.332.